The van der Waals surface area contributed by atoms with Gasteiger partial charge in [0, 0.05) is 7.05 Å². The average molecular weight is 199 g/mol. The summed E-state index contributed by atoms with van der Waals surface area (Å²) in [6, 6.07) is 0. The second kappa shape index (κ2) is 8.29. The van der Waals surface area contributed by atoms with E-state index in [4.69, 9.17) is 5.73 Å². The summed E-state index contributed by atoms with van der Waals surface area (Å²) in [5.41, 5.74) is 5.47. The summed E-state index contributed by atoms with van der Waals surface area (Å²) in [6.07, 6.45) is 1.47. The van der Waals surface area contributed by atoms with E-state index in [0.717, 1.165) is 5.82 Å². The number of aromatic nitrogens is 2. The van der Waals surface area contributed by atoms with Gasteiger partial charge >= 0.3 is 0 Å². The molecule has 82 valence electrons. The fourth-order valence-electron chi connectivity index (χ4n) is 0.731. The molecule has 1 aromatic heterocycles. The lowest BCUT2D eigenvalue weighted by molar-refractivity contribution is 0.0992. The number of carbonyl (C=O) groups excluding carboxylic acids is 1. The number of primary amides is 1. The van der Waals surface area contributed by atoms with Crippen LogP contribution in [0.5, 0.6) is 0 Å². The van der Waals surface area contributed by atoms with Crippen LogP contribution in [0.3, 0.4) is 0 Å². The van der Waals surface area contributed by atoms with E-state index in [0.29, 0.717) is 5.69 Å². The normalized spacial score (nSPS) is 7.86. The summed E-state index contributed by atoms with van der Waals surface area (Å²) in [5, 5.41) is 0. The van der Waals surface area contributed by atoms with E-state index < -0.39 is 5.91 Å². The zero-order valence-corrected chi connectivity index (χ0v) is 9.96. The van der Waals surface area contributed by atoms with Crippen LogP contribution in [0, 0.1) is 6.92 Å². The Bertz CT molecular complexity index is 266. The number of nitrogens with two attached hydrogens (primary N) is 1. The zero-order valence-electron chi connectivity index (χ0n) is 9.96. The third-order valence-corrected chi connectivity index (χ3v) is 1.47. The molecular formula is C10H21N3O. The van der Waals surface area contributed by atoms with E-state index in [2.05, 4.69) is 4.98 Å². The van der Waals surface area contributed by atoms with Crippen LogP contribution in [0.15, 0.2) is 6.20 Å². The molecule has 0 bridgehead atoms. The molecule has 0 saturated heterocycles. The minimum absolute atomic E-state index is 0.442. The Labute approximate surface area is 86.1 Å². The molecule has 0 aliphatic carbocycles. The molecule has 0 aliphatic rings. The van der Waals surface area contributed by atoms with Crippen LogP contribution in [0.25, 0.3) is 0 Å². The van der Waals surface area contributed by atoms with Gasteiger partial charge in [0.25, 0.3) is 5.91 Å². The maximum atomic E-state index is 10.6. The molecule has 2 N–H and O–H groups in total. The predicted octanol–water partition coefficient (Wildman–Crippen LogP) is 1.88. The third kappa shape index (κ3) is 4.07. The fourth-order valence-corrected chi connectivity index (χ4v) is 0.731. The average Bonchev–Trinajstić information content (AvgIpc) is 2.54. The molecule has 0 aliphatic heterocycles. The number of carbonyl (C=O) groups is 1. The summed E-state index contributed by atoms with van der Waals surface area (Å²) in [6.45, 7) is 9.81. The standard InChI is InChI=1S/C6H9N3O.2C2H6/c1-4-8-3-5(6(7)10)9(4)2;2*1-2/h3H,1-2H3,(H2,7,10);2*1-2H3. The van der Waals surface area contributed by atoms with Crippen molar-refractivity contribution in [3.63, 3.8) is 0 Å². The van der Waals surface area contributed by atoms with Gasteiger partial charge in [0.2, 0.25) is 0 Å². The molecule has 0 spiro atoms. The number of rotatable bonds is 1. The molecule has 0 aromatic carbocycles. The van der Waals surface area contributed by atoms with Crippen LogP contribution in [0.1, 0.15) is 44.0 Å². The van der Waals surface area contributed by atoms with Gasteiger partial charge in [-0.15, -0.1) is 0 Å². The largest absolute Gasteiger partial charge is 0.364 e. The van der Waals surface area contributed by atoms with Crippen molar-refractivity contribution in [2.45, 2.75) is 34.6 Å². The van der Waals surface area contributed by atoms with Crippen LogP contribution in [0.2, 0.25) is 0 Å². The lowest BCUT2D eigenvalue weighted by Gasteiger charge is -1.96. The molecule has 0 saturated carbocycles. The van der Waals surface area contributed by atoms with E-state index in [1.165, 1.54) is 6.20 Å². The van der Waals surface area contributed by atoms with Crippen molar-refractivity contribution in [1.82, 2.24) is 9.55 Å². The lowest BCUT2D eigenvalue weighted by Crippen LogP contribution is -2.15. The number of hydrogen-bond donors (Lipinski definition) is 1. The van der Waals surface area contributed by atoms with E-state index in [9.17, 15) is 4.79 Å². The Balaban J connectivity index is 0. The number of hydrogen-bond acceptors (Lipinski definition) is 2. The Hall–Kier alpha value is -1.32. The Morgan fingerprint density at radius 3 is 1.93 bits per heavy atom. The second-order valence-electron chi connectivity index (χ2n) is 2.11. The first-order chi connectivity index (χ1) is 6.63. The van der Waals surface area contributed by atoms with Gasteiger partial charge in [0.15, 0.2) is 0 Å². The van der Waals surface area contributed by atoms with E-state index in [1.807, 2.05) is 34.6 Å². The number of imidazole rings is 1. The fraction of sp³-hybridized carbons (Fsp3) is 0.600. The number of nitrogens with zero attached hydrogens (tertiary/aromatic N) is 2. The summed E-state index contributed by atoms with van der Waals surface area (Å²) >= 11 is 0. The van der Waals surface area contributed by atoms with E-state index >= 15 is 0 Å². The van der Waals surface area contributed by atoms with Gasteiger partial charge in [-0.2, -0.15) is 0 Å². The van der Waals surface area contributed by atoms with Crippen LogP contribution in [-0.2, 0) is 7.05 Å². The molecule has 0 unspecified atom stereocenters. The minimum atomic E-state index is -0.442. The first-order valence-electron chi connectivity index (χ1n) is 4.91. The van der Waals surface area contributed by atoms with Crippen molar-refractivity contribution in [3.8, 4) is 0 Å². The molecule has 0 radical (unpaired) electrons. The summed E-state index contributed by atoms with van der Waals surface area (Å²) in [4.78, 5) is 14.5. The van der Waals surface area contributed by atoms with Crippen molar-refractivity contribution < 1.29 is 4.79 Å². The summed E-state index contributed by atoms with van der Waals surface area (Å²) < 4.78 is 1.66. The van der Waals surface area contributed by atoms with Gasteiger partial charge in [-0.05, 0) is 6.92 Å². The molecule has 4 nitrogen and oxygen atoms in total. The SMILES string of the molecule is CC.CC.Cc1ncc(C(N)=O)n1C. The highest BCUT2D eigenvalue weighted by atomic mass is 16.1. The zero-order chi connectivity index (χ0) is 11.7. The molecule has 0 fully saturated rings. The van der Waals surface area contributed by atoms with Crippen LogP contribution >= 0.6 is 0 Å². The second-order valence-corrected chi connectivity index (χ2v) is 2.11. The molecule has 1 heterocycles. The van der Waals surface area contributed by atoms with Crippen LogP contribution < -0.4 is 5.73 Å². The smallest absolute Gasteiger partial charge is 0.266 e. The van der Waals surface area contributed by atoms with Gasteiger partial charge in [-0.1, -0.05) is 27.7 Å². The van der Waals surface area contributed by atoms with Crippen LogP contribution in [0.4, 0.5) is 0 Å². The van der Waals surface area contributed by atoms with Crippen LogP contribution in [-0.4, -0.2) is 15.5 Å². The predicted molar refractivity (Wildman–Crippen MR) is 59.2 cm³/mol. The van der Waals surface area contributed by atoms with Gasteiger partial charge in [0.1, 0.15) is 11.5 Å². The van der Waals surface area contributed by atoms with E-state index in [-0.39, 0.29) is 0 Å². The Kier molecular flexibility index (Phi) is 8.98. The van der Waals surface area contributed by atoms with Crippen molar-refractivity contribution in [2.24, 2.45) is 12.8 Å². The molecule has 0 atom stereocenters. The Morgan fingerprint density at radius 1 is 1.36 bits per heavy atom. The maximum Gasteiger partial charge on any atom is 0.266 e. The topological polar surface area (TPSA) is 60.9 Å². The van der Waals surface area contributed by atoms with Crippen molar-refractivity contribution in [2.75, 3.05) is 0 Å². The molecule has 4 heteroatoms. The highest BCUT2D eigenvalue weighted by Crippen LogP contribution is 1.98. The van der Waals surface area contributed by atoms with E-state index in [1.54, 1.807) is 11.6 Å². The molecule has 14 heavy (non-hydrogen) atoms. The summed E-state index contributed by atoms with van der Waals surface area (Å²) in [7, 11) is 1.75. The van der Waals surface area contributed by atoms with Crippen molar-refractivity contribution >= 4 is 5.91 Å². The first-order valence-corrected chi connectivity index (χ1v) is 4.91. The quantitative estimate of drug-likeness (QED) is 0.750. The monoisotopic (exact) mass is 199 g/mol. The minimum Gasteiger partial charge on any atom is -0.364 e. The molecular weight excluding hydrogens is 178 g/mol. The van der Waals surface area contributed by atoms with Crippen molar-refractivity contribution in [3.05, 3.63) is 17.7 Å². The highest BCUT2D eigenvalue weighted by Gasteiger charge is 2.06. The third-order valence-electron chi connectivity index (χ3n) is 1.47. The lowest BCUT2D eigenvalue weighted by atomic mass is 10.4. The Morgan fingerprint density at radius 2 is 1.79 bits per heavy atom. The number of amides is 1. The van der Waals surface area contributed by atoms with Gasteiger partial charge in [0.05, 0.1) is 6.20 Å². The maximum absolute atomic E-state index is 10.6. The number of aryl methyl sites for hydroxylation is 1. The molecule has 1 aromatic rings. The molecule has 1 amide bonds. The van der Waals surface area contributed by atoms with Crippen molar-refractivity contribution in [1.29, 1.82) is 0 Å². The first kappa shape index (κ1) is 15.2. The highest BCUT2D eigenvalue weighted by molar-refractivity contribution is 5.90. The van der Waals surface area contributed by atoms with Gasteiger partial charge in [-0.25, -0.2) is 4.98 Å². The summed E-state index contributed by atoms with van der Waals surface area (Å²) in [5.74, 6) is 0.344. The molecule has 1 rings (SSSR count). The van der Waals surface area contributed by atoms with Gasteiger partial charge < -0.3 is 10.3 Å². The van der Waals surface area contributed by atoms with Gasteiger partial charge in [-0.3, -0.25) is 4.79 Å².